The summed E-state index contributed by atoms with van der Waals surface area (Å²) in [6.45, 7) is 3.66. The van der Waals surface area contributed by atoms with Crippen LogP contribution in [0, 0.1) is 4.91 Å². The van der Waals surface area contributed by atoms with Gasteiger partial charge in [-0.05, 0) is 51.0 Å². The Bertz CT molecular complexity index is 820. The van der Waals surface area contributed by atoms with Crippen LogP contribution in [0.2, 0.25) is 0 Å². The second-order valence-electron chi connectivity index (χ2n) is 8.77. The fraction of sp³-hybridized carbons (Fsp3) is 0.640. The van der Waals surface area contributed by atoms with Gasteiger partial charge in [-0.3, -0.25) is 10.1 Å². The first-order chi connectivity index (χ1) is 18.0. The lowest BCUT2D eigenvalue weighted by Crippen LogP contribution is -2.51. The number of aryl methyl sites for hydroxylation is 1. The summed E-state index contributed by atoms with van der Waals surface area (Å²) in [7, 11) is 3.02. The molecule has 0 aliphatic carbocycles. The zero-order valence-corrected chi connectivity index (χ0v) is 23.0. The number of alkyl carbamates (subject to hydrolysis) is 1. The Hall–Kier alpha value is -2.31. The molecule has 1 aliphatic heterocycles. The van der Waals surface area contributed by atoms with Gasteiger partial charge in [-0.25, -0.2) is 4.79 Å². The highest BCUT2D eigenvalue weighted by molar-refractivity contribution is 8.76. The number of carbonyl (C=O) groups is 3. The summed E-state index contributed by atoms with van der Waals surface area (Å²) < 4.78 is 5.15. The highest BCUT2D eigenvalue weighted by atomic mass is 33.1. The molecule has 0 bridgehead atoms. The molecule has 0 saturated carbocycles. The Morgan fingerprint density at radius 3 is 2.62 bits per heavy atom. The van der Waals surface area contributed by atoms with Gasteiger partial charge in [0.1, 0.15) is 19.5 Å². The number of nitrogens with zero attached hydrogens (tertiary/aromatic N) is 2. The molecule has 1 unspecified atom stereocenters. The van der Waals surface area contributed by atoms with E-state index in [0.717, 1.165) is 37.7 Å². The number of nitrogens with one attached hydrogen (secondary N) is 2. The van der Waals surface area contributed by atoms with Crippen molar-refractivity contribution >= 4 is 39.9 Å². The fourth-order valence-electron chi connectivity index (χ4n) is 4.10. The van der Waals surface area contributed by atoms with Gasteiger partial charge >= 0.3 is 6.09 Å². The molecule has 12 heteroatoms. The van der Waals surface area contributed by atoms with E-state index >= 15 is 0 Å². The molecule has 1 aromatic carbocycles. The maximum atomic E-state index is 13.3. The normalized spacial score (nSPS) is 16.6. The van der Waals surface area contributed by atoms with Gasteiger partial charge in [-0.1, -0.05) is 51.9 Å². The third-order valence-corrected chi connectivity index (χ3v) is 8.37. The first kappa shape index (κ1) is 30.9. The van der Waals surface area contributed by atoms with Gasteiger partial charge < -0.3 is 24.6 Å². The minimum absolute atomic E-state index is 0.0167. The van der Waals surface area contributed by atoms with Crippen LogP contribution in [0.1, 0.15) is 44.6 Å². The van der Waals surface area contributed by atoms with Gasteiger partial charge in [0.05, 0.1) is 12.1 Å². The van der Waals surface area contributed by atoms with Gasteiger partial charge in [-0.2, -0.15) is 0 Å². The largest absolute Gasteiger partial charge is 0.449 e. The van der Waals surface area contributed by atoms with Crippen LogP contribution in [0.5, 0.6) is 0 Å². The summed E-state index contributed by atoms with van der Waals surface area (Å²) in [6.07, 6.45) is 4.77. The summed E-state index contributed by atoms with van der Waals surface area (Å²) in [5, 5.41) is 8.33. The van der Waals surface area contributed by atoms with Crippen LogP contribution >= 0.6 is 21.6 Å². The summed E-state index contributed by atoms with van der Waals surface area (Å²) in [5.41, 5.74) is 1.15. The second kappa shape index (κ2) is 18.9. The zero-order chi connectivity index (χ0) is 26.7. The first-order valence-corrected chi connectivity index (χ1v) is 15.2. The Balaban J connectivity index is 1.75. The molecular formula is C25H38N4O6S2. The first-order valence-electron chi connectivity index (χ1n) is 12.7. The molecule has 10 nitrogen and oxygen atoms in total. The van der Waals surface area contributed by atoms with Crippen LogP contribution < -0.4 is 10.6 Å². The average molecular weight is 555 g/mol. The number of hydrogen-bond acceptors (Lipinski definition) is 10. The van der Waals surface area contributed by atoms with Crippen LogP contribution in [0.4, 0.5) is 4.79 Å². The van der Waals surface area contributed by atoms with Crippen LogP contribution in [-0.2, 0) is 25.6 Å². The molecule has 0 aromatic heterocycles. The number of amides is 2. The molecule has 1 aliphatic rings. The summed E-state index contributed by atoms with van der Waals surface area (Å²) in [4.78, 5) is 53.1. The van der Waals surface area contributed by atoms with Gasteiger partial charge in [0.2, 0.25) is 5.91 Å². The molecule has 1 heterocycles. The van der Waals surface area contributed by atoms with Gasteiger partial charge in [0, 0.05) is 30.6 Å². The molecule has 2 N–H and O–H groups in total. The van der Waals surface area contributed by atoms with Crippen LogP contribution in [0.3, 0.4) is 0 Å². The van der Waals surface area contributed by atoms with Gasteiger partial charge in [0.25, 0.3) is 0 Å². The van der Waals surface area contributed by atoms with E-state index in [4.69, 9.17) is 4.74 Å². The van der Waals surface area contributed by atoms with Crippen molar-refractivity contribution in [3.63, 3.8) is 0 Å². The monoisotopic (exact) mass is 554 g/mol. The summed E-state index contributed by atoms with van der Waals surface area (Å²) >= 11 is 0. The van der Waals surface area contributed by atoms with Crippen molar-refractivity contribution in [2.24, 2.45) is 5.34 Å². The smallest absolute Gasteiger partial charge is 0.407 e. The minimum atomic E-state index is -0.503. The third-order valence-electron chi connectivity index (χ3n) is 6.03. The molecule has 1 saturated heterocycles. The molecule has 2 rings (SSSR count). The molecule has 3 atom stereocenters. The van der Waals surface area contributed by atoms with Crippen molar-refractivity contribution in [2.45, 2.75) is 63.6 Å². The SMILES string of the molecule is C[C@@H]1CCCN1C(=O)C(CCCNC(=O)OCCSSCCON=O)N[C@H](C=O)CCc1ccccc1. The third kappa shape index (κ3) is 12.7. The number of benzene rings is 1. The lowest BCUT2D eigenvalue weighted by Gasteiger charge is -2.29. The van der Waals surface area contributed by atoms with E-state index in [1.807, 2.05) is 35.2 Å². The zero-order valence-electron chi connectivity index (χ0n) is 21.3. The number of rotatable bonds is 19. The molecule has 2 amide bonds. The Morgan fingerprint density at radius 1 is 1.19 bits per heavy atom. The van der Waals surface area contributed by atoms with E-state index in [1.165, 1.54) is 21.6 Å². The molecule has 0 radical (unpaired) electrons. The predicted octanol–water partition coefficient (Wildman–Crippen LogP) is 3.74. The Morgan fingerprint density at radius 2 is 1.95 bits per heavy atom. The maximum absolute atomic E-state index is 13.3. The van der Waals surface area contributed by atoms with E-state index in [0.29, 0.717) is 37.3 Å². The molecule has 1 fully saturated rings. The standard InChI is InChI=1S/C25H38N4O6S2/c1-20-7-6-14-29(20)24(31)23(27-22(19-30)12-11-21-8-3-2-4-9-21)10-5-13-26-25(32)34-15-17-36-37-18-16-35-28-33/h2-4,8-9,19-20,22-23,27H,5-7,10-18H2,1H3,(H,26,32)/t20-,22+,23?/m1/s1. The van der Waals surface area contributed by atoms with Crippen LogP contribution in [0.15, 0.2) is 35.7 Å². The highest BCUT2D eigenvalue weighted by Crippen LogP contribution is 2.20. The van der Waals surface area contributed by atoms with E-state index in [9.17, 15) is 19.3 Å². The number of ether oxygens (including phenoxy) is 1. The highest BCUT2D eigenvalue weighted by Gasteiger charge is 2.31. The van der Waals surface area contributed by atoms with Gasteiger partial charge in [0.15, 0.2) is 5.34 Å². The van der Waals surface area contributed by atoms with Crippen molar-refractivity contribution in [3.05, 3.63) is 40.8 Å². The number of likely N-dealkylation sites (tertiary alicyclic amines) is 1. The van der Waals surface area contributed by atoms with E-state index in [-0.39, 0.29) is 25.2 Å². The van der Waals surface area contributed by atoms with Gasteiger partial charge in [-0.15, -0.1) is 4.91 Å². The number of aldehydes is 1. The Labute approximate surface area is 226 Å². The number of carbonyl (C=O) groups excluding carboxylic acids is 3. The van der Waals surface area contributed by atoms with Crippen molar-refractivity contribution in [2.75, 3.05) is 37.8 Å². The van der Waals surface area contributed by atoms with Crippen LogP contribution in [0.25, 0.3) is 0 Å². The Kier molecular flexibility index (Phi) is 15.8. The lowest BCUT2D eigenvalue weighted by atomic mass is 10.0. The van der Waals surface area contributed by atoms with Crippen LogP contribution in [-0.4, -0.2) is 79.1 Å². The molecule has 37 heavy (non-hydrogen) atoms. The van der Waals surface area contributed by atoms with Crippen molar-refractivity contribution in [3.8, 4) is 0 Å². The topological polar surface area (TPSA) is 126 Å². The molecular weight excluding hydrogens is 516 g/mol. The van der Waals surface area contributed by atoms with E-state index in [2.05, 4.69) is 27.7 Å². The van der Waals surface area contributed by atoms with E-state index < -0.39 is 18.2 Å². The van der Waals surface area contributed by atoms with Crippen molar-refractivity contribution in [1.29, 1.82) is 0 Å². The second-order valence-corrected chi connectivity index (χ2v) is 11.5. The summed E-state index contributed by atoms with van der Waals surface area (Å²) in [6, 6.07) is 9.23. The minimum Gasteiger partial charge on any atom is -0.449 e. The van der Waals surface area contributed by atoms with Crippen molar-refractivity contribution in [1.82, 2.24) is 15.5 Å². The molecule has 0 spiro atoms. The van der Waals surface area contributed by atoms with E-state index in [1.54, 1.807) is 0 Å². The van der Waals surface area contributed by atoms with Crippen molar-refractivity contribution < 1.29 is 24.0 Å². The molecule has 206 valence electrons. The molecule has 1 aromatic rings. The predicted molar refractivity (Wildman–Crippen MR) is 147 cm³/mol. The maximum Gasteiger partial charge on any atom is 0.407 e. The lowest BCUT2D eigenvalue weighted by molar-refractivity contribution is -0.134. The average Bonchev–Trinajstić information content (AvgIpc) is 3.35. The summed E-state index contributed by atoms with van der Waals surface area (Å²) in [5.74, 6) is 1.24. The fourth-order valence-corrected chi connectivity index (χ4v) is 5.74. The quantitative estimate of drug-likeness (QED) is 0.0864. The number of hydrogen-bond donors (Lipinski definition) is 2.